The molecule has 5 rings (SSSR count). The normalized spacial score (nSPS) is 31.8. The number of rotatable bonds is 11. The summed E-state index contributed by atoms with van der Waals surface area (Å²) < 4.78 is 10.3. The highest BCUT2D eigenvalue weighted by Gasteiger charge is 2.68. The molecule has 7 unspecified atom stereocenters. The number of carbonyl (C=O) groups excluding carboxylic acids is 6. The summed E-state index contributed by atoms with van der Waals surface area (Å²) in [6.45, 7) is 4.97. The van der Waals surface area contributed by atoms with Gasteiger partial charge in [-0.3, -0.25) is 24.0 Å². The number of phenolic OH excluding ortho intramolecular Hbond substituents is 1. The number of Topliss-reactive ketones (excluding diaryl/α,β-unsaturated/α-hetero) is 2. The minimum absolute atomic E-state index is 0.00744. The topological polar surface area (TPSA) is 173 Å². The van der Waals surface area contributed by atoms with E-state index >= 15 is 0 Å². The largest absolute Gasteiger partial charge is 0.508 e. The van der Waals surface area contributed by atoms with Gasteiger partial charge >= 0.3 is 11.9 Å². The SMILES string of the molecule is CCOC(=O)C(Cc1ccc(O)cc1)NC(=O)CCC(=O)OCC(=O)C1(O)CCC2C3CCC4=CC(=O)CCC4(C)C3C(=O)CC21C. The Morgan fingerprint density at radius 2 is 1.72 bits per heavy atom. The third-order valence-electron chi connectivity index (χ3n) is 11.5. The van der Waals surface area contributed by atoms with Crippen molar-refractivity contribution < 1.29 is 48.5 Å². The summed E-state index contributed by atoms with van der Waals surface area (Å²) in [7, 11) is 0. The zero-order valence-corrected chi connectivity index (χ0v) is 27.3. The molecule has 11 heteroatoms. The number of amides is 1. The summed E-state index contributed by atoms with van der Waals surface area (Å²) in [6.07, 6.45) is 4.44. The van der Waals surface area contributed by atoms with Crippen LogP contribution in [0.3, 0.4) is 0 Å². The van der Waals surface area contributed by atoms with E-state index in [1.807, 2.05) is 0 Å². The van der Waals surface area contributed by atoms with E-state index in [0.29, 0.717) is 24.8 Å². The van der Waals surface area contributed by atoms with Crippen LogP contribution in [-0.2, 0) is 44.7 Å². The molecule has 254 valence electrons. The molecule has 7 atom stereocenters. The van der Waals surface area contributed by atoms with Crippen molar-refractivity contribution in [2.75, 3.05) is 13.2 Å². The predicted octanol–water partition coefficient (Wildman–Crippen LogP) is 3.32. The van der Waals surface area contributed by atoms with E-state index in [1.54, 1.807) is 32.1 Å². The van der Waals surface area contributed by atoms with Gasteiger partial charge in [0.25, 0.3) is 0 Å². The molecule has 0 saturated heterocycles. The Morgan fingerprint density at radius 3 is 2.43 bits per heavy atom. The highest BCUT2D eigenvalue weighted by molar-refractivity contribution is 5.95. The second kappa shape index (κ2) is 13.3. The average Bonchev–Trinajstić information content (AvgIpc) is 3.30. The minimum Gasteiger partial charge on any atom is -0.508 e. The van der Waals surface area contributed by atoms with Gasteiger partial charge in [0.1, 0.15) is 23.2 Å². The number of ether oxygens (including phenoxy) is 2. The molecule has 0 radical (unpaired) electrons. The van der Waals surface area contributed by atoms with Crippen LogP contribution >= 0.6 is 0 Å². The molecule has 3 fully saturated rings. The van der Waals surface area contributed by atoms with Gasteiger partial charge in [-0.1, -0.05) is 31.6 Å². The van der Waals surface area contributed by atoms with Gasteiger partial charge in [-0.2, -0.15) is 0 Å². The van der Waals surface area contributed by atoms with Crippen LogP contribution in [0.25, 0.3) is 0 Å². The summed E-state index contributed by atoms with van der Waals surface area (Å²) in [5.74, 6) is -2.85. The molecule has 3 N–H and O–H groups in total. The van der Waals surface area contributed by atoms with Crippen LogP contribution in [0.1, 0.15) is 84.1 Å². The van der Waals surface area contributed by atoms with Gasteiger partial charge in [0.15, 0.2) is 12.4 Å². The maximum Gasteiger partial charge on any atom is 0.328 e. The van der Waals surface area contributed by atoms with Gasteiger partial charge < -0.3 is 25.0 Å². The zero-order chi connectivity index (χ0) is 34.1. The summed E-state index contributed by atoms with van der Waals surface area (Å²) in [5, 5.41) is 23.9. The van der Waals surface area contributed by atoms with E-state index in [-0.39, 0.29) is 79.2 Å². The lowest BCUT2D eigenvalue weighted by molar-refractivity contribution is -0.173. The second-order valence-electron chi connectivity index (χ2n) is 14.1. The van der Waals surface area contributed by atoms with Crippen molar-refractivity contribution in [1.82, 2.24) is 5.32 Å². The first kappa shape index (κ1) is 34.5. The summed E-state index contributed by atoms with van der Waals surface area (Å²) in [6, 6.07) is 5.15. The number of ketones is 3. The van der Waals surface area contributed by atoms with Crippen LogP contribution in [-0.4, -0.2) is 70.3 Å². The number of nitrogens with one attached hydrogen (secondary N) is 1. The van der Waals surface area contributed by atoms with Crippen molar-refractivity contribution in [3.05, 3.63) is 41.5 Å². The highest BCUT2D eigenvalue weighted by Crippen LogP contribution is 2.66. The first-order chi connectivity index (χ1) is 22.2. The lowest BCUT2D eigenvalue weighted by Gasteiger charge is -2.57. The van der Waals surface area contributed by atoms with Crippen molar-refractivity contribution in [2.24, 2.45) is 28.6 Å². The van der Waals surface area contributed by atoms with E-state index in [4.69, 9.17) is 9.47 Å². The van der Waals surface area contributed by atoms with Crippen LogP contribution in [0.4, 0.5) is 0 Å². The molecule has 1 amide bonds. The number of benzene rings is 1. The fourth-order valence-electron chi connectivity index (χ4n) is 8.97. The van der Waals surface area contributed by atoms with E-state index in [1.165, 1.54) is 12.1 Å². The molecule has 0 bridgehead atoms. The number of hydrogen-bond acceptors (Lipinski definition) is 10. The lowest BCUT2D eigenvalue weighted by Crippen LogP contribution is -2.61. The molecular formula is C36H45NO10. The Labute approximate surface area is 274 Å². The molecule has 0 aromatic heterocycles. The number of aliphatic hydroxyl groups is 1. The highest BCUT2D eigenvalue weighted by atomic mass is 16.5. The number of carbonyl (C=O) groups is 6. The lowest BCUT2D eigenvalue weighted by atomic mass is 9.46. The number of phenols is 1. The first-order valence-electron chi connectivity index (χ1n) is 16.6. The first-order valence-corrected chi connectivity index (χ1v) is 16.6. The number of aromatic hydroxyl groups is 1. The molecule has 1 aromatic rings. The number of esters is 2. The van der Waals surface area contributed by atoms with Gasteiger partial charge in [0.2, 0.25) is 11.7 Å². The predicted molar refractivity (Wildman–Crippen MR) is 168 cm³/mol. The van der Waals surface area contributed by atoms with Crippen molar-refractivity contribution in [3.8, 4) is 5.75 Å². The molecule has 11 nitrogen and oxygen atoms in total. The van der Waals surface area contributed by atoms with Gasteiger partial charge in [-0.25, -0.2) is 4.79 Å². The molecule has 0 aliphatic heterocycles. The Bertz CT molecular complexity index is 1480. The number of hydrogen-bond donors (Lipinski definition) is 3. The summed E-state index contributed by atoms with van der Waals surface area (Å²) in [4.78, 5) is 77.1. The quantitative estimate of drug-likeness (QED) is 0.301. The third-order valence-corrected chi connectivity index (χ3v) is 11.5. The average molecular weight is 652 g/mol. The molecule has 0 heterocycles. The van der Waals surface area contributed by atoms with Crippen molar-refractivity contribution >= 4 is 35.2 Å². The Balaban J connectivity index is 1.16. The smallest absolute Gasteiger partial charge is 0.328 e. The zero-order valence-electron chi connectivity index (χ0n) is 27.3. The molecule has 1 aromatic carbocycles. The molecule has 4 aliphatic rings. The van der Waals surface area contributed by atoms with Crippen LogP contribution in [0.5, 0.6) is 5.75 Å². The van der Waals surface area contributed by atoms with Gasteiger partial charge in [-0.15, -0.1) is 0 Å². The molecule has 4 aliphatic carbocycles. The van der Waals surface area contributed by atoms with Crippen molar-refractivity contribution in [3.63, 3.8) is 0 Å². The maximum atomic E-state index is 13.8. The Kier molecular flexibility index (Phi) is 9.78. The van der Waals surface area contributed by atoms with Crippen molar-refractivity contribution in [1.29, 1.82) is 0 Å². The third kappa shape index (κ3) is 6.51. The maximum absolute atomic E-state index is 13.8. The summed E-state index contributed by atoms with van der Waals surface area (Å²) >= 11 is 0. The molecule has 0 spiro atoms. The van der Waals surface area contributed by atoms with Crippen LogP contribution in [0.2, 0.25) is 0 Å². The van der Waals surface area contributed by atoms with Gasteiger partial charge in [-0.05, 0) is 80.1 Å². The number of fused-ring (bicyclic) bond motifs is 5. The Morgan fingerprint density at radius 1 is 1.00 bits per heavy atom. The van der Waals surface area contributed by atoms with E-state index in [0.717, 1.165) is 18.4 Å². The monoisotopic (exact) mass is 651 g/mol. The minimum atomic E-state index is -1.84. The number of allylic oxidation sites excluding steroid dienone is 1. The molecular weight excluding hydrogens is 606 g/mol. The summed E-state index contributed by atoms with van der Waals surface area (Å²) in [5.41, 5.74) is -1.50. The van der Waals surface area contributed by atoms with Crippen LogP contribution < -0.4 is 5.32 Å². The fraction of sp³-hybridized carbons (Fsp3) is 0.611. The molecule has 47 heavy (non-hydrogen) atoms. The van der Waals surface area contributed by atoms with Crippen LogP contribution in [0.15, 0.2) is 35.9 Å². The van der Waals surface area contributed by atoms with Crippen molar-refractivity contribution in [2.45, 2.75) is 96.6 Å². The van der Waals surface area contributed by atoms with Crippen LogP contribution in [0, 0.1) is 28.6 Å². The fourth-order valence-corrected chi connectivity index (χ4v) is 8.97. The molecule has 3 saturated carbocycles. The van der Waals surface area contributed by atoms with Gasteiger partial charge in [0, 0.05) is 37.0 Å². The van der Waals surface area contributed by atoms with E-state index in [2.05, 4.69) is 12.2 Å². The van der Waals surface area contributed by atoms with Gasteiger partial charge in [0.05, 0.1) is 13.0 Å². The Hall–Kier alpha value is -3.86. The van der Waals surface area contributed by atoms with E-state index < -0.39 is 47.3 Å². The van der Waals surface area contributed by atoms with E-state index in [9.17, 15) is 39.0 Å². The second-order valence-corrected chi connectivity index (χ2v) is 14.1. The standard InChI is InChI=1S/C36H45NO10/c1-4-46-33(44)27(17-21-5-8-23(38)9-6-21)37-30(42)11-12-31(43)47-20-29(41)36(45)16-14-26-25-10-7-22-18-24(39)13-15-34(22,2)32(25)28(40)19-35(26,36)3/h5-6,8-9,18,25-27,32,38,45H,4,7,10-17,19-20H2,1-3H3,(H,37,42).